The molecule has 0 bridgehead atoms. The summed E-state index contributed by atoms with van der Waals surface area (Å²) >= 11 is 0.851. The van der Waals surface area contributed by atoms with Gasteiger partial charge in [0.2, 0.25) is 0 Å². The molecule has 1 aliphatic heterocycles. The lowest BCUT2D eigenvalue weighted by atomic mass is 10.0. The highest BCUT2D eigenvalue weighted by atomic mass is 32.2. The first-order chi connectivity index (χ1) is 8.27. The monoisotopic (exact) mass is 290 g/mol. The number of aromatic carboxylic acids is 1. The number of hydrogen-bond donors (Lipinski definition) is 1. The van der Waals surface area contributed by atoms with E-state index in [4.69, 9.17) is 5.11 Å². The highest BCUT2D eigenvalue weighted by Gasteiger charge is 2.43. The van der Waals surface area contributed by atoms with E-state index in [1.54, 1.807) is 0 Å². The van der Waals surface area contributed by atoms with Crippen LogP contribution in [0.15, 0.2) is 9.72 Å². The fraction of sp³-hybridized carbons (Fsp3) is 0.600. The number of sulfonamides is 1. The Bertz CT molecular complexity index is 576. The molecule has 0 spiro atoms. The van der Waals surface area contributed by atoms with Crippen molar-refractivity contribution >= 4 is 27.3 Å². The van der Waals surface area contributed by atoms with E-state index in [1.165, 1.54) is 9.82 Å². The van der Waals surface area contributed by atoms with Gasteiger partial charge in [0.15, 0.2) is 9.90 Å². The van der Waals surface area contributed by atoms with Crippen LogP contribution in [0.5, 0.6) is 0 Å². The predicted octanol–water partition coefficient (Wildman–Crippen LogP) is 1.40. The normalized spacial score (nSPS) is 20.1. The lowest BCUT2D eigenvalue weighted by molar-refractivity contribution is 0.0687. The van der Waals surface area contributed by atoms with E-state index in [-0.39, 0.29) is 9.90 Å². The summed E-state index contributed by atoms with van der Waals surface area (Å²) in [5.74, 6) is -1.31. The van der Waals surface area contributed by atoms with Crippen LogP contribution in [0.2, 0.25) is 0 Å². The Morgan fingerprint density at radius 1 is 1.56 bits per heavy atom. The Morgan fingerprint density at radius 3 is 2.72 bits per heavy atom. The molecule has 0 aliphatic carbocycles. The van der Waals surface area contributed by atoms with Crippen LogP contribution >= 0.6 is 11.3 Å². The molecule has 1 aliphatic rings. The summed E-state index contributed by atoms with van der Waals surface area (Å²) < 4.78 is 26.1. The zero-order chi connectivity index (χ0) is 13.6. The number of carboxylic acid groups (broad SMARTS) is 1. The zero-order valence-corrected chi connectivity index (χ0v) is 11.7. The molecule has 2 rings (SSSR count). The molecule has 1 aromatic heterocycles. The number of carbonyl (C=O) groups is 1. The van der Waals surface area contributed by atoms with Crippen LogP contribution < -0.4 is 0 Å². The van der Waals surface area contributed by atoms with Crippen molar-refractivity contribution in [3.63, 3.8) is 0 Å². The van der Waals surface area contributed by atoms with E-state index in [0.717, 1.165) is 24.2 Å². The summed E-state index contributed by atoms with van der Waals surface area (Å²) in [5.41, 5.74) is 0.389. The van der Waals surface area contributed by atoms with Gasteiger partial charge in [0.05, 0.1) is 5.51 Å². The maximum atomic E-state index is 12.5. The van der Waals surface area contributed by atoms with Crippen molar-refractivity contribution in [1.29, 1.82) is 0 Å². The van der Waals surface area contributed by atoms with Crippen molar-refractivity contribution in [3.05, 3.63) is 11.2 Å². The average molecular weight is 290 g/mol. The van der Waals surface area contributed by atoms with Gasteiger partial charge in [0.25, 0.3) is 10.0 Å². The molecule has 0 radical (unpaired) electrons. The minimum Gasteiger partial charge on any atom is -0.476 e. The molecule has 0 unspecified atom stereocenters. The van der Waals surface area contributed by atoms with Crippen molar-refractivity contribution in [3.8, 4) is 0 Å². The number of nitrogens with zero attached hydrogens (tertiary/aromatic N) is 2. The molecule has 0 amide bonds. The molecule has 1 saturated heterocycles. The summed E-state index contributed by atoms with van der Waals surface area (Å²) in [6.07, 6.45) is 1.56. The van der Waals surface area contributed by atoms with Crippen LogP contribution in [0.25, 0.3) is 0 Å². The third-order valence-corrected chi connectivity index (χ3v) is 6.54. The van der Waals surface area contributed by atoms with Crippen LogP contribution in [-0.4, -0.2) is 40.9 Å². The highest BCUT2D eigenvalue weighted by Crippen LogP contribution is 2.35. The van der Waals surface area contributed by atoms with Crippen LogP contribution in [0.1, 0.15) is 37.2 Å². The maximum absolute atomic E-state index is 12.5. The minimum absolute atomic E-state index is 0.176. The van der Waals surface area contributed by atoms with Crippen molar-refractivity contribution in [2.45, 2.75) is 36.4 Å². The van der Waals surface area contributed by atoms with Crippen LogP contribution in [0, 0.1) is 0 Å². The molecule has 100 valence electrons. The van der Waals surface area contributed by atoms with Crippen LogP contribution in [-0.2, 0) is 10.0 Å². The van der Waals surface area contributed by atoms with Gasteiger partial charge < -0.3 is 5.11 Å². The van der Waals surface area contributed by atoms with Crippen molar-refractivity contribution in [2.75, 3.05) is 6.54 Å². The first-order valence-electron chi connectivity index (χ1n) is 5.46. The average Bonchev–Trinajstić information content (AvgIpc) is 2.83. The summed E-state index contributed by atoms with van der Waals surface area (Å²) in [5, 5.41) is 8.95. The first-order valence-corrected chi connectivity index (χ1v) is 7.78. The SMILES string of the molecule is CC1(C)CCCN1S(=O)(=O)c1scnc1C(=O)O. The third-order valence-electron chi connectivity index (χ3n) is 3.09. The predicted molar refractivity (Wildman–Crippen MR) is 66.3 cm³/mol. The van der Waals surface area contributed by atoms with Gasteiger partial charge in [-0.05, 0) is 26.7 Å². The van der Waals surface area contributed by atoms with Gasteiger partial charge in [-0.1, -0.05) is 0 Å². The first kappa shape index (κ1) is 13.4. The number of carboxylic acids is 1. The van der Waals surface area contributed by atoms with Crippen LogP contribution in [0.3, 0.4) is 0 Å². The molecule has 0 atom stereocenters. The second kappa shape index (κ2) is 4.29. The number of hydrogen-bond acceptors (Lipinski definition) is 5. The molecule has 6 nitrogen and oxygen atoms in total. The van der Waals surface area contributed by atoms with Gasteiger partial charge in [-0.25, -0.2) is 18.2 Å². The summed E-state index contributed by atoms with van der Waals surface area (Å²) in [6.45, 7) is 4.12. The van der Waals surface area contributed by atoms with Gasteiger partial charge in [-0.15, -0.1) is 11.3 Å². The molecule has 0 saturated carbocycles. The molecular formula is C10H14N2O4S2. The fourth-order valence-corrected chi connectivity index (χ4v) is 5.28. The van der Waals surface area contributed by atoms with Crippen molar-refractivity contribution in [2.24, 2.45) is 0 Å². The summed E-state index contributed by atoms with van der Waals surface area (Å²) in [6, 6.07) is 0. The third kappa shape index (κ3) is 2.04. The van der Waals surface area contributed by atoms with Crippen molar-refractivity contribution in [1.82, 2.24) is 9.29 Å². The van der Waals surface area contributed by atoms with Gasteiger partial charge in [-0.3, -0.25) is 0 Å². The van der Waals surface area contributed by atoms with Gasteiger partial charge in [-0.2, -0.15) is 4.31 Å². The summed E-state index contributed by atoms with van der Waals surface area (Å²) in [7, 11) is -3.77. The Balaban J connectivity index is 2.49. The molecule has 18 heavy (non-hydrogen) atoms. The molecule has 1 fully saturated rings. The van der Waals surface area contributed by atoms with Crippen LogP contribution in [0.4, 0.5) is 0 Å². The second-order valence-corrected chi connectivity index (χ2v) is 7.70. The topological polar surface area (TPSA) is 87.6 Å². The minimum atomic E-state index is -3.77. The largest absolute Gasteiger partial charge is 0.476 e. The zero-order valence-electron chi connectivity index (χ0n) is 10.1. The number of rotatable bonds is 3. The fourth-order valence-electron chi connectivity index (χ4n) is 2.19. The lowest BCUT2D eigenvalue weighted by Crippen LogP contribution is -2.42. The molecule has 1 N–H and O–H groups in total. The summed E-state index contributed by atoms with van der Waals surface area (Å²) in [4.78, 5) is 14.6. The van der Waals surface area contributed by atoms with E-state index in [1.807, 2.05) is 13.8 Å². The van der Waals surface area contributed by atoms with Gasteiger partial charge in [0.1, 0.15) is 0 Å². The molecule has 1 aromatic rings. The molecule has 0 aromatic carbocycles. The standard InChI is InChI=1S/C10H14N2O4S2/c1-10(2)4-3-5-12(10)18(15,16)9-7(8(13)14)11-6-17-9/h6H,3-5H2,1-2H3,(H,13,14). The Morgan fingerprint density at radius 2 is 2.22 bits per heavy atom. The highest BCUT2D eigenvalue weighted by molar-refractivity contribution is 7.91. The van der Waals surface area contributed by atoms with Gasteiger partial charge in [0, 0.05) is 12.1 Å². The van der Waals surface area contributed by atoms with Crippen molar-refractivity contribution < 1.29 is 18.3 Å². The Labute approximate surface area is 109 Å². The quantitative estimate of drug-likeness (QED) is 0.909. The molecule has 8 heteroatoms. The Kier molecular flexibility index (Phi) is 3.20. The smallest absolute Gasteiger partial charge is 0.356 e. The van der Waals surface area contributed by atoms with Gasteiger partial charge >= 0.3 is 5.97 Å². The lowest BCUT2D eigenvalue weighted by Gasteiger charge is -2.29. The van der Waals surface area contributed by atoms with E-state index in [2.05, 4.69) is 4.98 Å². The van der Waals surface area contributed by atoms with E-state index in [0.29, 0.717) is 6.54 Å². The van der Waals surface area contributed by atoms with E-state index in [9.17, 15) is 13.2 Å². The second-order valence-electron chi connectivity index (χ2n) is 4.79. The molecule has 2 heterocycles. The van der Waals surface area contributed by atoms with E-state index < -0.39 is 21.5 Å². The maximum Gasteiger partial charge on any atom is 0.356 e. The Hall–Kier alpha value is -0.990. The van der Waals surface area contributed by atoms with E-state index >= 15 is 0 Å². The number of aromatic nitrogens is 1. The molecular weight excluding hydrogens is 276 g/mol. The number of thiazole rings is 1.